The number of likely N-dealkylation sites (tertiary alicyclic amines) is 1. The molecular formula is C11H20F2N2O2. The lowest BCUT2D eigenvalue weighted by atomic mass is 9.93. The molecule has 4 nitrogen and oxygen atoms in total. The Hall–Kier alpha value is -0.910. The number of carbonyl (C=O) groups excluding carboxylic acids is 1. The Morgan fingerprint density at radius 1 is 1.53 bits per heavy atom. The Kier molecular flexibility index (Phi) is 3.96. The molecule has 6 heteroatoms. The van der Waals surface area contributed by atoms with Gasteiger partial charge >= 0.3 is 6.09 Å². The quantitative estimate of drug-likeness (QED) is 0.772. The second-order valence-corrected chi connectivity index (χ2v) is 5.38. The van der Waals surface area contributed by atoms with E-state index in [4.69, 9.17) is 10.5 Å². The molecule has 1 heterocycles. The van der Waals surface area contributed by atoms with Gasteiger partial charge in [0.05, 0.1) is 6.54 Å². The molecule has 0 aromatic heterocycles. The summed E-state index contributed by atoms with van der Waals surface area (Å²) < 4.78 is 32.2. The maximum Gasteiger partial charge on any atom is 0.410 e. The molecule has 1 amide bonds. The molecule has 0 saturated carbocycles. The van der Waals surface area contributed by atoms with Gasteiger partial charge in [-0.05, 0) is 27.2 Å². The number of piperidine rings is 1. The van der Waals surface area contributed by atoms with Crippen molar-refractivity contribution in [2.45, 2.75) is 38.7 Å². The second-order valence-electron chi connectivity index (χ2n) is 5.38. The van der Waals surface area contributed by atoms with Crippen LogP contribution in [-0.2, 0) is 4.74 Å². The van der Waals surface area contributed by atoms with Gasteiger partial charge in [0.1, 0.15) is 5.60 Å². The highest BCUT2D eigenvalue weighted by atomic mass is 19.3. The number of amides is 1. The molecule has 2 N–H and O–H groups in total. The zero-order valence-electron chi connectivity index (χ0n) is 10.5. The summed E-state index contributed by atoms with van der Waals surface area (Å²) >= 11 is 0. The largest absolute Gasteiger partial charge is 0.444 e. The van der Waals surface area contributed by atoms with Crippen LogP contribution < -0.4 is 5.73 Å². The fourth-order valence-corrected chi connectivity index (χ4v) is 1.76. The molecule has 1 aliphatic rings. The number of hydrogen-bond acceptors (Lipinski definition) is 3. The highest BCUT2D eigenvalue weighted by molar-refractivity contribution is 5.68. The van der Waals surface area contributed by atoms with Crippen molar-refractivity contribution in [1.82, 2.24) is 4.90 Å². The number of nitrogens with two attached hydrogens (primary N) is 1. The minimum Gasteiger partial charge on any atom is -0.444 e. The SMILES string of the molecule is CC(C)(C)OC(=O)N1CC[C@H](CN)C(F)(F)C1. The van der Waals surface area contributed by atoms with E-state index in [1.54, 1.807) is 20.8 Å². The van der Waals surface area contributed by atoms with Crippen molar-refractivity contribution in [3.8, 4) is 0 Å². The fraction of sp³-hybridized carbons (Fsp3) is 0.909. The van der Waals surface area contributed by atoms with Gasteiger partial charge in [0.15, 0.2) is 0 Å². The topological polar surface area (TPSA) is 55.6 Å². The normalized spacial score (nSPS) is 24.6. The zero-order chi connectivity index (χ0) is 13.3. The number of alkyl halides is 2. The van der Waals surface area contributed by atoms with E-state index >= 15 is 0 Å². The van der Waals surface area contributed by atoms with Crippen molar-refractivity contribution < 1.29 is 18.3 Å². The number of hydrogen-bond donors (Lipinski definition) is 1. The van der Waals surface area contributed by atoms with Crippen molar-refractivity contribution >= 4 is 6.09 Å². The summed E-state index contributed by atoms with van der Waals surface area (Å²) in [4.78, 5) is 12.7. The third-order valence-electron chi connectivity index (χ3n) is 2.68. The van der Waals surface area contributed by atoms with Crippen LogP contribution in [0, 0.1) is 5.92 Å². The molecule has 0 radical (unpaired) electrons. The van der Waals surface area contributed by atoms with Gasteiger partial charge < -0.3 is 15.4 Å². The van der Waals surface area contributed by atoms with Crippen LogP contribution in [0.2, 0.25) is 0 Å². The molecule has 1 rings (SSSR count). The zero-order valence-corrected chi connectivity index (χ0v) is 10.5. The van der Waals surface area contributed by atoms with E-state index < -0.39 is 30.1 Å². The Morgan fingerprint density at radius 3 is 2.53 bits per heavy atom. The Bertz CT molecular complexity index is 290. The van der Waals surface area contributed by atoms with Crippen molar-refractivity contribution in [3.05, 3.63) is 0 Å². The van der Waals surface area contributed by atoms with E-state index in [1.165, 1.54) is 0 Å². The van der Waals surface area contributed by atoms with Crippen molar-refractivity contribution in [3.63, 3.8) is 0 Å². The van der Waals surface area contributed by atoms with Crippen LogP contribution in [0.15, 0.2) is 0 Å². The van der Waals surface area contributed by atoms with Crippen molar-refractivity contribution in [1.29, 1.82) is 0 Å². The summed E-state index contributed by atoms with van der Waals surface area (Å²) in [5.74, 6) is -3.77. The van der Waals surface area contributed by atoms with Gasteiger partial charge in [0.2, 0.25) is 0 Å². The Labute approximate surface area is 100 Å². The van der Waals surface area contributed by atoms with E-state index in [0.717, 1.165) is 4.90 Å². The first-order valence-corrected chi connectivity index (χ1v) is 5.71. The monoisotopic (exact) mass is 250 g/mol. The highest BCUT2D eigenvalue weighted by Gasteiger charge is 2.45. The van der Waals surface area contributed by atoms with E-state index in [2.05, 4.69) is 0 Å². The lowest BCUT2D eigenvalue weighted by molar-refractivity contribution is -0.107. The summed E-state index contributed by atoms with van der Waals surface area (Å²) in [6, 6.07) is 0. The third kappa shape index (κ3) is 3.80. The first-order chi connectivity index (χ1) is 7.65. The second kappa shape index (κ2) is 4.76. The molecule has 0 aromatic rings. The minimum absolute atomic E-state index is 0.0604. The van der Waals surface area contributed by atoms with Gasteiger partial charge in [0.25, 0.3) is 5.92 Å². The van der Waals surface area contributed by atoms with E-state index in [9.17, 15) is 13.6 Å². The van der Waals surface area contributed by atoms with Crippen LogP contribution in [0.5, 0.6) is 0 Å². The Balaban J connectivity index is 2.62. The van der Waals surface area contributed by atoms with Crippen LogP contribution in [0.1, 0.15) is 27.2 Å². The van der Waals surface area contributed by atoms with Gasteiger partial charge in [-0.2, -0.15) is 0 Å². The maximum absolute atomic E-state index is 13.6. The van der Waals surface area contributed by atoms with Crippen LogP contribution in [0.4, 0.5) is 13.6 Å². The molecule has 1 fully saturated rings. The summed E-state index contributed by atoms with van der Waals surface area (Å²) in [5, 5.41) is 0. The molecule has 1 atom stereocenters. The smallest absolute Gasteiger partial charge is 0.410 e. The van der Waals surface area contributed by atoms with Crippen LogP contribution in [0.25, 0.3) is 0 Å². The standard InChI is InChI=1S/C11H20F2N2O2/c1-10(2,3)17-9(16)15-5-4-8(6-14)11(12,13)7-15/h8H,4-7,14H2,1-3H3/t8-/m1/s1. The predicted molar refractivity (Wildman–Crippen MR) is 59.9 cm³/mol. The fourth-order valence-electron chi connectivity index (χ4n) is 1.76. The first-order valence-electron chi connectivity index (χ1n) is 5.71. The van der Waals surface area contributed by atoms with Gasteiger partial charge in [-0.25, -0.2) is 13.6 Å². The number of carbonyl (C=O) groups is 1. The van der Waals surface area contributed by atoms with Crippen molar-refractivity contribution in [2.24, 2.45) is 11.7 Å². The van der Waals surface area contributed by atoms with Crippen LogP contribution in [-0.4, -0.2) is 42.2 Å². The van der Waals surface area contributed by atoms with Crippen molar-refractivity contribution in [2.75, 3.05) is 19.6 Å². The molecule has 17 heavy (non-hydrogen) atoms. The highest BCUT2D eigenvalue weighted by Crippen LogP contribution is 2.32. The number of halogens is 2. The predicted octanol–water partition coefficient (Wildman–Crippen LogP) is 1.84. The first kappa shape index (κ1) is 14.2. The average molecular weight is 250 g/mol. The minimum atomic E-state index is -2.93. The van der Waals surface area contributed by atoms with Gasteiger partial charge in [-0.3, -0.25) is 0 Å². The summed E-state index contributed by atoms with van der Waals surface area (Å²) in [6.45, 7) is 4.71. The van der Waals surface area contributed by atoms with Crippen LogP contribution in [0.3, 0.4) is 0 Å². The molecule has 100 valence electrons. The lowest BCUT2D eigenvalue weighted by Gasteiger charge is -2.38. The number of ether oxygens (including phenoxy) is 1. The molecule has 0 aliphatic carbocycles. The number of nitrogens with zero attached hydrogens (tertiary/aromatic N) is 1. The molecule has 0 spiro atoms. The Morgan fingerprint density at radius 2 is 2.12 bits per heavy atom. The summed E-state index contributed by atoms with van der Waals surface area (Å²) in [5.41, 5.74) is 4.62. The molecule has 1 saturated heterocycles. The van der Waals surface area contributed by atoms with E-state index in [0.29, 0.717) is 0 Å². The number of rotatable bonds is 1. The van der Waals surface area contributed by atoms with Gasteiger partial charge in [0, 0.05) is 19.0 Å². The molecule has 0 aromatic carbocycles. The van der Waals surface area contributed by atoms with Gasteiger partial charge in [-0.15, -0.1) is 0 Å². The summed E-state index contributed by atoms with van der Waals surface area (Å²) in [7, 11) is 0. The maximum atomic E-state index is 13.6. The lowest BCUT2D eigenvalue weighted by Crippen LogP contribution is -2.53. The van der Waals surface area contributed by atoms with E-state index in [-0.39, 0.29) is 19.5 Å². The molecular weight excluding hydrogens is 230 g/mol. The van der Waals surface area contributed by atoms with Gasteiger partial charge in [-0.1, -0.05) is 0 Å². The third-order valence-corrected chi connectivity index (χ3v) is 2.68. The summed E-state index contributed by atoms with van der Waals surface area (Å²) in [6.07, 6.45) is -0.476. The average Bonchev–Trinajstić information content (AvgIpc) is 2.13. The molecule has 0 bridgehead atoms. The molecule has 0 unspecified atom stereocenters. The van der Waals surface area contributed by atoms with E-state index in [1.807, 2.05) is 0 Å². The van der Waals surface area contributed by atoms with Crippen LogP contribution >= 0.6 is 0 Å². The molecule has 1 aliphatic heterocycles.